The van der Waals surface area contributed by atoms with Gasteiger partial charge in [-0.25, -0.2) is 0 Å². The Morgan fingerprint density at radius 3 is 2.72 bits per heavy atom. The van der Waals surface area contributed by atoms with Gasteiger partial charge >= 0.3 is 0 Å². The number of fused-ring (bicyclic) bond motifs is 1. The summed E-state index contributed by atoms with van der Waals surface area (Å²) in [5.74, 6) is 1.61. The van der Waals surface area contributed by atoms with E-state index in [-0.39, 0.29) is 24.7 Å². The van der Waals surface area contributed by atoms with Gasteiger partial charge in [0.05, 0.1) is 26.5 Å². The molecule has 7 heteroatoms. The summed E-state index contributed by atoms with van der Waals surface area (Å²) < 4.78 is 16.3. The van der Waals surface area contributed by atoms with Crippen LogP contribution in [-0.4, -0.2) is 39.2 Å². The predicted molar refractivity (Wildman–Crippen MR) is 110 cm³/mol. The SMILES string of the molecule is COc1cccc(CNC(=O)CCC(=O)N2CCOc3ccc(C)cc32)c1OC. The second-order valence-electron chi connectivity index (χ2n) is 6.79. The molecule has 0 radical (unpaired) electrons. The number of aryl methyl sites for hydroxylation is 1. The number of rotatable bonds is 7. The molecule has 154 valence electrons. The van der Waals surface area contributed by atoms with Gasteiger partial charge in [-0.3, -0.25) is 9.59 Å². The normalized spacial score (nSPS) is 12.6. The van der Waals surface area contributed by atoms with E-state index in [0.29, 0.717) is 36.9 Å². The first-order valence-corrected chi connectivity index (χ1v) is 9.54. The zero-order valence-corrected chi connectivity index (χ0v) is 17.0. The maximum atomic E-state index is 12.7. The summed E-state index contributed by atoms with van der Waals surface area (Å²) in [6, 6.07) is 11.3. The third kappa shape index (κ3) is 4.80. The standard InChI is InChI=1S/C22H26N2O5/c1-15-7-8-18-17(13-15)24(11-12-29-18)21(26)10-9-20(25)23-14-16-5-4-6-19(27-2)22(16)28-3/h4-8,13H,9-12,14H2,1-3H3,(H,23,25). The highest BCUT2D eigenvalue weighted by molar-refractivity contribution is 5.97. The van der Waals surface area contributed by atoms with Crippen molar-refractivity contribution in [3.63, 3.8) is 0 Å². The van der Waals surface area contributed by atoms with Crippen LogP contribution in [0, 0.1) is 6.92 Å². The van der Waals surface area contributed by atoms with Gasteiger partial charge in [0.15, 0.2) is 11.5 Å². The van der Waals surface area contributed by atoms with Crippen molar-refractivity contribution in [3.8, 4) is 17.2 Å². The van der Waals surface area contributed by atoms with Crippen molar-refractivity contribution < 1.29 is 23.8 Å². The number of amides is 2. The Morgan fingerprint density at radius 2 is 1.97 bits per heavy atom. The largest absolute Gasteiger partial charge is 0.493 e. The number of anilines is 1. The molecule has 0 aliphatic carbocycles. The Kier molecular flexibility index (Phi) is 6.59. The van der Waals surface area contributed by atoms with Gasteiger partial charge in [0.25, 0.3) is 0 Å². The number of nitrogens with one attached hydrogen (secondary N) is 1. The average molecular weight is 398 g/mol. The molecule has 0 atom stereocenters. The fourth-order valence-corrected chi connectivity index (χ4v) is 3.32. The number of nitrogens with zero attached hydrogens (tertiary/aromatic N) is 1. The zero-order chi connectivity index (χ0) is 20.8. The number of hydrogen-bond donors (Lipinski definition) is 1. The maximum Gasteiger partial charge on any atom is 0.227 e. The maximum absolute atomic E-state index is 12.7. The quantitative estimate of drug-likeness (QED) is 0.776. The number of benzene rings is 2. The molecule has 2 aromatic rings. The number of carbonyl (C=O) groups excluding carboxylic acids is 2. The minimum absolute atomic E-state index is 0.0886. The van der Waals surface area contributed by atoms with E-state index < -0.39 is 0 Å². The molecule has 0 aromatic heterocycles. The molecule has 1 aliphatic rings. The Bertz CT molecular complexity index is 897. The topological polar surface area (TPSA) is 77.1 Å². The van der Waals surface area contributed by atoms with Crippen LogP contribution in [0.1, 0.15) is 24.0 Å². The van der Waals surface area contributed by atoms with Crippen LogP contribution in [0.2, 0.25) is 0 Å². The molecule has 29 heavy (non-hydrogen) atoms. The molecular formula is C22H26N2O5. The number of methoxy groups -OCH3 is 2. The molecule has 0 bridgehead atoms. The van der Waals surface area contributed by atoms with Gasteiger partial charge < -0.3 is 24.4 Å². The molecule has 0 fully saturated rings. The fraction of sp³-hybridized carbons (Fsp3) is 0.364. The van der Waals surface area contributed by atoms with E-state index in [2.05, 4.69) is 5.32 Å². The van der Waals surface area contributed by atoms with Crippen LogP contribution in [0.4, 0.5) is 5.69 Å². The third-order valence-electron chi connectivity index (χ3n) is 4.81. The van der Waals surface area contributed by atoms with Crippen molar-refractivity contribution in [3.05, 3.63) is 47.5 Å². The van der Waals surface area contributed by atoms with E-state index in [1.165, 1.54) is 0 Å². The van der Waals surface area contributed by atoms with Crippen molar-refractivity contribution in [2.75, 3.05) is 32.3 Å². The molecule has 0 unspecified atom stereocenters. The highest BCUT2D eigenvalue weighted by Gasteiger charge is 2.24. The van der Waals surface area contributed by atoms with Crippen molar-refractivity contribution in [2.24, 2.45) is 0 Å². The summed E-state index contributed by atoms with van der Waals surface area (Å²) in [6.07, 6.45) is 0.248. The van der Waals surface area contributed by atoms with Crippen LogP contribution in [0.25, 0.3) is 0 Å². The van der Waals surface area contributed by atoms with E-state index in [1.807, 2.05) is 37.3 Å². The molecule has 3 rings (SSSR count). The number of carbonyl (C=O) groups is 2. The van der Waals surface area contributed by atoms with Crippen molar-refractivity contribution in [2.45, 2.75) is 26.3 Å². The lowest BCUT2D eigenvalue weighted by molar-refractivity contribution is -0.125. The highest BCUT2D eigenvalue weighted by Crippen LogP contribution is 2.33. The average Bonchev–Trinajstić information content (AvgIpc) is 2.74. The molecule has 1 aliphatic heterocycles. The van der Waals surface area contributed by atoms with Crippen LogP contribution >= 0.6 is 0 Å². The molecule has 2 aromatic carbocycles. The summed E-state index contributed by atoms with van der Waals surface area (Å²) in [7, 11) is 3.13. The third-order valence-corrected chi connectivity index (χ3v) is 4.81. The molecule has 1 heterocycles. The second kappa shape index (κ2) is 9.32. The van der Waals surface area contributed by atoms with Crippen molar-refractivity contribution in [1.29, 1.82) is 0 Å². The van der Waals surface area contributed by atoms with Crippen LogP contribution in [-0.2, 0) is 16.1 Å². The van der Waals surface area contributed by atoms with Crippen LogP contribution in [0.3, 0.4) is 0 Å². The summed E-state index contributed by atoms with van der Waals surface area (Å²) in [4.78, 5) is 26.7. The van der Waals surface area contributed by atoms with Gasteiger partial charge in [-0.2, -0.15) is 0 Å². The lowest BCUT2D eigenvalue weighted by Gasteiger charge is -2.30. The number of para-hydroxylation sites is 1. The second-order valence-corrected chi connectivity index (χ2v) is 6.79. The van der Waals surface area contributed by atoms with E-state index in [1.54, 1.807) is 25.2 Å². The van der Waals surface area contributed by atoms with Crippen molar-refractivity contribution >= 4 is 17.5 Å². The first-order valence-electron chi connectivity index (χ1n) is 9.54. The Balaban J connectivity index is 1.56. The monoisotopic (exact) mass is 398 g/mol. The summed E-state index contributed by atoms with van der Waals surface area (Å²) in [5, 5.41) is 2.84. The zero-order valence-electron chi connectivity index (χ0n) is 17.0. The Labute approximate surface area is 170 Å². The summed E-state index contributed by atoms with van der Waals surface area (Å²) >= 11 is 0. The minimum Gasteiger partial charge on any atom is -0.493 e. The van der Waals surface area contributed by atoms with E-state index in [4.69, 9.17) is 14.2 Å². The highest BCUT2D eigenvalue weighted by atomic mass is 16.5. The minimum atomic E-state index is -0.194. The van der Waals surface area contributed by atoms with E-state index in [0.717, 1.165) is 16.8 Å². The van der Waals surface area contributed by atoms with Gasteiger partial charge in [0.1, 0.15) is 12.4 Å². The van der Waals surface area contributed by atoms with Gasteiger partial charge in [-0.1, -0.05) is 18.2 Å². The van der Waals surface area contributed by atoms with E-state index >= 15 is 0 Å². The molecule has 2 amide bonds. The van der Waals surface area contributed by atoms with Crippen LogP contribution in [0.5, 0.6) is 17.2 Å². The summed E-state index contributed by atoms with van der Waals surface area (Å²) in [5.41, 5.74) is 2.63. The molecule has 0 saturated heterocycles. The summed E-state index contributed by atoms with van der Waals surface area (Å²) in [6.45, 7) is 3.20. The molecule has 7 nitrogen and oxygen atoms in total. The van der Waals surface area contributed by atoms with Gasteiger partial charge in [-0.15, -0.1) is 0 Å². The lowest BCUT2D eigenvalue weighted by Crippen LogP contribution is -2.38. The lowest BCUT2D eigenvalue weighted by atomic mass is 10.1. The first-order chi connectivity index (χ1) is 14.0. The van der Waals surface area contributed by atoms with Gasteiger partial charge in [-0.05, 0) is 30.7 Å². The predicted octanol–water partition coefficient (Wildman–Crippen LogP) is 2.83. The van der Waals surface area contributed by atoms with E-state index in [9.17, 15) is 9.59 Å². The number of ether oxygens (including phenoxy) is 3. The first kappa shape index (κ1) is 20.5. The van der Waals surface area contributed by atoms with Gasteiger partial charge in [0, 0.05) is 24.9 Å². The molecular weight excluding hydrogens is 372 g/mol. The van der Waals surface area contributed by atoms with Crippen LogP contribution < -0.4 is 24.4 Å². The van der Waals surface area contributed by atoms with Crippen LogP contribution in [0.15, 0.2) is 36.4 Å². The fourth-order valence-electron chi connectivity index (χ4n) is 3.32. The molecule has 0 spiro atoms. The molecule has 1 N–H and O–H groups in total. The smallest absolute Gasteiger partial charge is 0.227 e. The van der Waals surface area contributed by atoms with Gasteiger partial charge in [0.2, 0.25) is 11.8 Å². The molecule has 0 saturated carbocycles. The Hall–Kier alpha value is -3.22. The number of hydrogen-bond acceptors (Lipinski definition) is 5. The Morgan fingerprint density at radius 1 is 1.14 bits per heavy atom. The van der Waals surface area contributed by atoms with Crippen molar-refractivity contribution in [1.82, 2.24) is 5.32 Å².